The SMILES string of the molecule is Cc1cccc(OCCNCCNC(C)(C)C)c1. The van der Waals surface area contributed by atoms with Gasteiger partial charge in [-0.1, -0.05) is 12.1 Å². The van der Waals surface area contributed by atoms with Gasteiger partial charge in [-0.2, -0.15) is 0 Å². The van der Waals surface area contributed by atoms with Crippen molar-refractivity contribution in [1.82, 2.24) is 10.6 Å². The molecule has 0 radical (unpaired) electrons. The minimum absolute atomic E-state index is 0.194. The van der Waals surface area contributed by atoms with Crippen LogP contribution >= 0.6 is 0 Å². The molecule has 1 aromatic rings. The van der Waals surface area contributed by atoms with Crippen molar-refractivity contribution in [3.63, 3.8) is 0 Å². The third-order valence-electron chi connectivity index (χ3n) is 2.49. The van der Waals surface area contributed by atoms with Gasteiger partial charge in [-0.15, -0.1) is 0 Å². The van der Waals surface area contributed by atoms with Crippen molar-refractivity contribution < 1.29 is 4.74 Å². The zero-order valence-corrected chi connectivity index (χ0v) is 12.0. The number of aryl methyl sites for hydroxylation is 1. The van der Waals surface area contributed by atoms with Crippen molar-refractivity contribution in [2.24, 2.45) is 0 Å². The Kier molecular flexibility index (Phi) is 6.16. The minimum Gasteiger partial charge on any atom is -0.492 e. The molecule has 0 atom stereocenters. The zero-order valence-electron chi connectivity index (χ0n) is 12.0. The predicted octanol–water partition coefficient (Wildman–Crippen LogP) is 2.35. The highest BCUT2D eigenvalue weighted by Gasteiger charge is 2.06. The highest BCUT2D eigenvalue weighted by Crippen LogP contribution is 2.11. The lowest BCUT2D eigenvalue weighted by molar-refractivity contribution is 0.312. The highest BCUT2D eigenvalue weighted by atomic mass is 16.5. The van der Waals surface area contributed by atoms with Gasteiger partial charge in [0.25, 0.3) is 0 Å². The van der Waals surface area contributed by atoms with Gasteiger partial charge in [0.1, 0.15) is 12.4 Å². The van der Waals surface area contributed by atoms with Gasteiger partial charge in [0.15, 0.2) is 0 Å². The molecule has 0 bridgehead atoms. The van der Waals surface area contributed by atoms with Crippen LogP contribution in [-0.2, 0) is 0 Å². The molecular weight excluding hydrogens is 224 g/mol. The highest BCUT2D eigenvalue weighted by molar-refractivity contribution is 5.27. The van der Waals surface area contributed by atoms with Crippen LogP contribution in [0.1, 0.15) is 26.3 Å². The maximum absolute atomic E-state index is 5.65. The Morgan fingerprint density at radius 2 is 1.89 bits per heavy atom. The largest absolute Gasteiger partial charge is 0.492 e. The van der Waals surface area contributed by atoms with Crippen molar-refractivity contribution in [2.45, 2.75) is 33.2 Å². The molecule has 18 heavy (non-hydrogen) atoms. The first-order chi connectivity index (χ1) is 8.47. The second-order valence-corrected chi connectivity index (χ2v) is 5.59. The van der Waals surface area contributed by atoms with E-state index in [9.17, 15) is 0 Å². The third-order valence-corrected chi connectivity index (χ3v) is 2.49. The van der Waals surface area contributed by atoms with Gasteiger partial charge < -0.3 is 15.4 Å². The molecule has 0 saturated carbocycles. The number of ether oxygens (including phenoxy) is 1. The molecule has 1 aromatic carbocycles. The summed E-state index contributed by atoms with van der Waals surface area (Å²) < 4.78 is 5.65. The number of hydrogen-bond donors (Lipinski definition) is 2. The van der Waals surface area contributed by atoms with Gasteiger partial charge in [0, 0.05) is 25.2 Å². The summed E-state index contributed by atoms with van der Waals surface area (Å²) in [5.74, 6) is 0.949. The molecule has 1 rings (SSSR count). The van der Waals surface area contributed by atoms with Crippen LogP contribution in [0.5, 0.6) is 5.75 Å². The molecule has 0 aliphatic heterocycles. The Balaban J connectivity index is 2.02. The molecule has 0 amide bonds. The van der Waals surface area contributed by atoms with E-state index >= 15 is 0 Å². The maximum atomic E-state index is 5.65. The minimum atomic E-state index is 0.194. The smallest absolute Gasteiger partial charge is 0.119 e. The summed E-state index contributed by atoms with van der Waals surface area (Å²) in [5, 5.41) is 6.79. The summed E-state index contributed by atoms with van der Waals surface area (Å²) in [6.07, 6.45) is 0. The summed E-state index contributed by atoms with van der Waals surface area (Å²) >= 11 is 0. The quantitative estimate of drug-likeness (QED) is 0.729. The zero-order chi connectivity index (χ0) is 13.4. The van der Waals surface area contributed by atoms with Crippen molar-refractivity contribution in [3.05, 3.63) is 29.8 Å². The van der Waals surface area contributed by atoms with E-state index in [0.29, 0.717) is 6.61 Å². The van der Waals surface area contributed by atoms with E-state index in [0.717, 1.165) is 25.4 Å². The lowest BCUT2D eigenvalue weighted by Crippen LogP contribution is -2.40. The molecule has 102 valence electrons. The first kappa shape index (κ1) is 15.0. The Bertz CT molecular complexity index is 345. The Morgan fingerprint density at radius 1 is 1.11 bits per heavy atom. The molecule has 3 heteroatoms. The van der Waals surface area contributed by atoms with Crippen LogP contribution in [0.25, 0.3) is 0 Å². The van der Waals surface area contributed by atoms with Crippen LogP contribution < -0.4 is 15.4 Å². The van der Waals surface area contributed by atoms with Crippen LogP contribution in [0.2, 0.25) is 0 Å². The van der Waals surface area contributed by atoms with Crippen LogP contribution in [0, 0.1) is 6.92 Å². The molecule has 2 N–H and O–H groups in total. The Labute approximate surface area is 111 Å². The molecule has 3 nitrogen and oxygen atoms in total. The first-order valence-electron chi connectivity index (χ1n) is 6.62. The summed E-state index contributed by atoms with van der Waals surface area (Å²) in [6, 6.07) is 8.14. The molecule has 0 heterocycles. The van der Waals surface area contributed by atoms with E-state index in [2.05, 4.69) is 50.5 Å². The number of rotatable bonds is 7. The van der Waals surface area contributed by atoms with Crippen LogP contribution in [0.15, 0.2) is 24.3 Å². The predicted molar refractivity (Wildman–Crippen MR) is 77.3 cm³/mol. The van der Waals surface area contributed by atoms with Crippen LogP contribution in [0.4, 0.5) is 0 Å². The van der Waals surface area contributed by atoms with Gasteiger partial charge in [-0.05, 0) is 45.4 Å². The van der Waals surface area contributed by atoms with Crippen molar-refractivity contribution in [1.29, 1.82) is 0 Å². The van der Waals surface area contributed by atoms with Gasteiger partial charge in [0.2, 0.25) is 0 Å². The van der Waals surface area contributed by atoms with Crippen molar-refractivity contribution >= 4 is 0 Å². The number of hydrogen-bond acceptors (Lipinski definition) is 3. The fraction of sp³-hybridized carbons (Fsp3) is 0.600. The van der Waals surface area contributed by atoms with Gasteiger partial charge in [-0.3, -0.25) is 0 Å². The monoisotopic (exact) mass is 250 g/mol. The van der Waals surface area contributed by atoms with E-state index in [1.165, 1.54) is 5.56 Å². The van der Waals surface area contributed by atoms with Crippen LogP contribution in [0.3, 0.4) is 0 Å². The molecule has 0 spiro atoms. The summed E-state index contributed by atoms with van der Waals surface area (Å²) in [7, 11) is 0. The standard InChI is InChI=1S/C15H26N2O/c1-13-6-5-7-14(12-13)18-11-10-16-8-9-17-15(2,3)4/h5-7,12,16-17H,8-11H2,1-4H3. The average molecular weight is 250 g/mol. The fourth-order valence-corrected chi connectivity index (χ4v) is 1.60. The number of nitrogens with one attached hydrogen (secondary N) is 2. The topological polar surface area (TPSA) is 33.3 Å². The lowest BCUT2D eigenvalue weighted by atomic mass is 10.1. The van der Waals surface area contributed by atoms with Gasteiger partial charge >= 0.3 is 0 Å². The third kappa shape index (κ3) is 7.30. The fourth-order valence-electron chi connectivity index (χ4n) is 1.60. The maximum Gasteiger partial charge on any atom is 0.119 e. The Hall–Kier alpha value is -1.06. The van der Waals surface area contributed by atoms with Gasteiger partial charge in [-0.25, -0.2) is 0 Å². The van der Waals surface area contributed by atoms with E-state index in [-0.39, 0.29) is 5.54 Å². The molecule has 0 aliphatic carbocycles. The van der Waals surface area contributed by atoms with E-state index in [1.54, 1.807) is 0 Å². The summed E-state index contributed by atoms with van der Waals surface area (Å²) in [6.45, 7) is 12.1. The lowest BCUT2D eigenvalue weighted by Gasteiger charge is -2.20. The second-order valence-electron chi connectivity index (χ2n) is 5.59. The molecule has 0 aromatic heterocycles. The van der Waals surface area contributed by atoms with Crippen molar-refractivity contribution in [3.8, 4) is 5.75 Å². The first-order valence-corrected chi connectivity index (χ1v) is 6.62. The normalized spacial score (nSPS) is 11.6. The average Bonchev–Trinajstić information content (AvgIpc) is 2.26. The van der Waals surface area contributed by atoms with Gasteiger partial charge in [0.05, 0.1) is 0 Å². The molecular formula is C15H26N2O. The second kappa shape index (κ2) is 7.39. The Morgan fingerprint density at radius 3 is 2.56 bits per heavy atom. The summed E-state index contributed by atoms with van der Waals surface area (Å²) in [5.41, 5.74) is 1.43. The number of benzene rings is 1. The molecule has 0 unspecified atom stereocenters. The molecule has 0 fully saturated rings. The molecule has 0 saturated heterocycles. The van der Waals surface area contributed by atoms with E-state index in [1.807, 2.05) is 12.1 Å². The van der Waals surface area contributed by atoms with E-state index in [4.69, 9.17) is 4.74 Å². The van der Waals surface area contributed by atoms with E-state index < -0.39 is 0 Å². The summed E-state index contributed by atoms with van der Waals surface area (Å²) in [4.78, 5) is 0. The van der Waals surface area contributed by atoms with Crippen molar-refractivity contribution in [2.75, 3.05) is 26.2 Å². The van der Waals surface area contributed by atoms with Crippen LogP contribution in [-0.4, -0.2) is 31.8 Å². The molecule has 0 aliphatic rings.